The Morgan fingerprint density at radius 2 is 1.07 bits per heavy atom. The van der Waals surface area contributed by atoms with Gasteiger partial charge in [-0.15, -0.1) is 11.3 Å². The predicted molar refractivity (Wildman–Crippen MR) is 157 cm³/mol. The second-order valence-corrected chi connectivity index (χ2v) is 12.0. The van der Waals surface area contributed by atoms with Crippen molar-refractivity contribution in [3.05, 3.63) is 4.88 Å². The van der Waals surface area contributed by atoms with Gasteiger partial charge in [-0.2, -0.15) is 0 Å². The molecule has 0 atom stereocenters. The fourth-order valence-corrected chi connectivity index (χ4v) is 5.80. The molecular weight excluding hydrogens is 612 g/mol. The number of aliphatic carboxylic acids is 1. The van der Waals surface area contributed by atoms with Crippen molar-refractivity contribution in [3.8, 4) is 0 Å². The summed E-state index contributed by atoms with van der Waals surface area (Å²) in [5.74, 6) is -1.28. The summed E-state index contributed by atoms with van der Waals surface area (Å²) < 4.78 is 67.9. The quantitative estimate of drug-likeness (QED) is 0.112. The number of thiazole rings is 1. The molecule has 43 heavy (non-hydrogen) atoms. The summed E-state index contributed by atoms with van der Waals surface area (Å²) in [6.07, 6.45) is 0.309. The van der Waals surface area contributed by atoms with Crippen molar-refractivity contribution in [1.82, 2.24) is 4.98 Å². The van der Waals surface area contributed by atoms with Gasteiger partial charge in [0.2, 0.25) is 5.91 Å². The number of carboxylic acid groups (broad SMARTS) is 1. The molecule has 2 N–H and O–H groups in total. The summed E-state index contributed by atoms with van der Waals surface area (Å²) in [5.41, 5.74) is 0. The lowest BCUT2D eigenvalue weighted by Crippen LogP contribution is -2.15. The lowest BCUT2D eigenvalue weighted by Gasteiger charge is -2.08. The Labute approximate surface area is 257 Å². The van der Waals surface area contributed by atoms with E-state index in [1.165, 1.54) is 6.92 Å². The highest BCUT2D eigenvalue weighted by Crippen LogP contribution is 2.26. The number of rotatable bonds is 30. The van der Waals surface area contributed by atoms with Crippen LogP contribution < -0.4 is 5.32 Å². The molecule has 0 aliphatic rings. The van der Waals surface area contributed by atoms with E-state index in [4.69, 9.17) is 43.0 Å². The Kier molecular flexibility index (Phi) is 23.3. The average molecular weight is 659 g/mol. The third kappa shape index (κ3) is 22.4. The summed E-state index contributed by atoms with van der Waals surface area (Å²) in [6, 6.07) is 0. The molecule has 0 bridgehead atoms. The van der Waals surface area contributed by atoms with Crippen LogP contribution in [0.25, 0.3) is 0 Å². The van der Waals surface area contributed by atoms with E-state index in [0.717, 1.165) is 11.3 Å². The van der Waals surface area contributed by atoms with Crippen LogP contribution >= 0.6 is 11.3 Å². The van der Waals surface area contributed by atoms with Crippen LogP contribution in [0, 0.1) is 6.92 Å². The van der Waals surface area contributed by atoms with Crippen LogP contribution in [-0.4, -0.2) is 142 Å². The van der Waals surface area contributed by atoms with Gasteiger partial charge in [0.25, 0.3) is 0 Å². The minimum Gasteiger partial charge on any atom is -0.481 e. The molecule has 0 aromatic carbocycles. The summed E-state index contributed by atoms with van der Waals surface area (Å²) >= 11 is 1.13. The molecule has 0 spiro atoms. The van der Waals surface area contributed by atoms with Gasteiger partial charge < -0.3 is 48.3 Å². The maximum Gasteiger partial charge on any atom is 0.305 e. The summed E-state index contributed by atoms with van der Waals surface area (Å²) in [5, 5.41) is 11.3. The van der Waals surface area contributed by atoms with Gasteiger partial charge in [-0.05, 0) is 13.3 Å². The first kappa shape index (κ1) is 39.2. The number of carbonyl (C=O) groups is 2. The summed E-state index contributed by atoms with van der Waals surface area (Å²) in [6.45, 7) is 9.29. The minimum atomic E-state index is -3.56. The second kappa shape index (κ2) is 25.5. The number of ether oxygens (including phenoxy) is 8. The SMILES string of the molecule is CC(=O)Nc1nc(S(=O)(=O)CCCOCCOCCOCCOCCOCCOCCOCCOCCC(=O)O)c(C)s1. The Morgan fingerprint density at radius 3 is 1.44 bits per heavy atom. The van der Waals surface area contributed by atoms with Gasteiger partial charge in [0.15, 0.2) is 20.0 Å². The first-order valence-electron chi connectivity index (χ1n) is 14.0. The summed E-state index contributed by atoms with van der Waals surface area (Å²) in [4.78, 5) is 26.0. The number of anilines is 1. The number of amides is 1. The molecule has 1 heterocycles. The fraction of sp³-hybridized carbons (Fsp3) is 0.808. The van der Waals surface area contributed by atoms with Crippen molar-refractivity contribution in [2.24, 2.45) is 0 Å². The molecule has 0 saturated carbocycles. The van der Waals surface area contributed by atoms with Gasteiger partial charge in [0.05, 0.1) is 111 Å². The van der Waals surface area contributed by atoms with E-state index in [2.05, 4.69) is 10.3 Å². The number of hydrogen-bond acceptors (Lipinski definition) is 14. The first-order chi connectivity index (χ1) is 20.7. The second-order valence-electron chi connectivity index (χ2n) is 8.78. The van der Waals surface area contributed by atoms with Gasteiger partial charge in [-0.3, -0.25) is 9.59 Å². The Morgan fingerprint density at radius 1 is 0.698 bits per heavy atom. The predicted octanol–water partition coefficient (Wildman–Crippen LogP) is 1.18. The maximum atomic E-state index is 12.5. The van der Waals surface area contributed by atoms with Crippen molar-refractivity contribution in [3.63, 3.8) is 0 Å². The molecule has 0 aliphatic carbocycles. The Balaban J connectivity index is 1.80. The van der Waals surface area contributed by atoms with Crippen LogP contribution in [0.2, 0.25) is 0 Å². The van der Waals surface area contributed by atoms with Gasteiger partial charge in [0, 0.05) is 18.4 Å². The largest absolute Gasteiger partial charge is 0.481 e. The number of carbonyl (C=O) groups excluding carboxylic acids is 1. The molecule has 0 saturated heterocycles. The number of sulfone groups is 1. The normalized spacial score (nSPS) is 11.7. The number of carboxylic acids is 1. The van der Waals surface area contributed by atoms with E-state index in [-0.39, 0.29) is 41.5 Å². The third-order valence-corrected chi connectivity index (χ3v) is 7.93. The van der Waals surface area contributed by atoms with Crippen LogP contribution in [0.3, 0.4) is 0 Å². The molecule has 0 radical (unpaired) electrons. The first-order valence-corrected chi connectivity index (χ1v) is 16.5. The standard InChI is InChI=1S/C26H46N2O13S2/c1-22-25(28-26(42-22)27-23(2)29)43(32,33)21-3-5-34-7-9-36-11-13-38-15-17-40-19-20-41-18-16-39-14-12-37-10-8-35-6-4-24(30)31/h3-21H2,1-2H3,(H,30,31)(H,27,28,29). The smallest absolute Gasteiger partial charge is 0.305 e. The lowest BCUT2D eigenvalue weighted by atomic mass is 10.5. The monoisotopic (exact) mass is 658 g/mol. The molecule has 0 unspecified atom stereocenters. The molecule has 0 fully saturated rings. The molecular formula is C26H46N2O13S2. The topological polar surface area (TPSA) is 187 Å². The number of nitrogens with one attached hydrogen (secondary N) is 1. The molecule has 15 nitrogen and oxygen atoms in total. The number of hydrogen-bond donors (Lipinski definition) is 2. The van der Waals surface area contributed by atoms with Gasteiger partial charge in [0.1, 0.15) is 0 Å². The molecule has 1 aromatic heterocycles. The van der Waals surface area contributed by atoms with Crippen molar-refractivity contribution in [2.75, 3.05) is 117 Å². The van der Waals surface area contributed by atoms with Crippen molar-refractivity contribution >= 4 is 38.2 Å². The van der Waals surface area contributed by atoms with Crippen LogP contribution in [0.5, 0.6) is 0 Å². The highest BCUT2D eigenvalue weighted by atomic mass is 32.2. The molecule has 1 aromatic rings. The molecule has 1 rings (SSSR count). The number of nitrogens with zero attached hydrogens (tertiary/aromatic N) is 1. The fourth-order valence-electron chi connectivity index (χ4n) is 3.12. The van der Waals surface area contributed by atoms with Gasteiger partial charge >= 0.3 is 5.97 Å². The molecule has 17 heteroatoms. The van der Waals surface area contributed by atoms with Crippen LogP contribution in [0.15, 0.2) is 5.03 Å². The van der Waals surface area contributed by atoms with Crippen molar-refractivity contribution in [1.29, 1.82) is 0 Å². The highest BCUT2D eigenvalue weighted by molar-refractivity contribution is 7.91. The van der Waals surface area contributed by atoms with E-state index in [9.17, 15) is 18.0 Å². The lowest BCUT2D eigenvalue weighted by molar-refractivity contribution is -0.138. The van der Waals surface area contributed by atoms with E-state index < -0.39 is 15.8 Å². The molecule has 250 valence electrons. The Bertz CT molecular complexity index is 976. The average Bonchev–Trinajstić information content (AvgIpc) is 3.32. The minimum absolute atomic E-state index is 0.000768. The van der Waals surface area contributed by atoms with Crippen molar-refractivity contribution in [2.45, 2.75) is 31.7 Å². The zero-order valence-corrected chi connectivity index (χ0v) is 26.7. The van der Waals surface area contributed by atoms with Crippen LogP contribution in [-0.2, 0) is 57.3 Å². The van der Waals surface area contributed by atoms with E-state index in [0.29, 0.717) is 104 Å². The third-order valence-electron chi connectivity index (χ3n) is 5.10. The highest BCUT2D eigenvalue weighted by Gasteiger charge is 2.22. The van der Waals surface area contributed by atoms with E-state index in [1.807, 2.05) is 0 Å². The summed E-state index contributed by atoms with van der Waals surface area (Å²) in [7, 11) is -3.56. The number of aromatic nitrogens is 1. The van der Waals surface area contributed by atoms with E-state index >= 15 is 0 Å². The van der Waals surface area contributed by atoms with Crippen LogP contribution in [0.1, 0.15) is 24.6 Å². The Hall–Kier alpha value is -1.80. The number of aryl methyl sites for hydroxylation is 1. The van der Waals surface area contributed by atoms with Crippen molar-refractivity contribution < 1.29 is 61.0 Å². The van der Waals surface area contributed by atoms with Gasteiger partial charge in [-0.1, -0.05) is 0 Å². The zero-order chi connectivity index (χ0) is 31.6. The zero-order valence-electron chi connectivity index (χ0n) is 25.0. The molecule has 0 aliphatic heterocycles. The van der Waals surface area contributed by atoms with Crippen LogP contribution in [0.4, 0.5) is 5.13 Å². The maximum absolute atomic E-state index is 12.5. The van der Waals surface area contributed by atoms with Gasteiger partial charge in [-0.25, -0.2) is 13.4 Å². The van der Waals surface area contributed by atoms with E-state index in [1.54, 1.807) is 6.92 Å². The molecule has 1 amide bonds.